The maximum Gasteiger partial charge on any atom is 0.394 e. The number of alkyl halides is 3. The lowest BCUT2D eigenvalue weighted by Gasteiger charge is -2.19. The third-order valence-corrected chi connectivity index (χ3v) is 3.51. The van der Waals surface area contributed by atoms with Gasteiger partial charge in [-0.3, -0.25) is 4.79 Å². The van der Waals surface area contributed by atoms with Crippen molar-refractivity contribution in [2.24, 2.45) is 11.8 Å². The van der Waals surface area contributed by atoms with E-state index in [2.05, 4.69) is 9.97 Å². The van der Waals surface area contributed by atoms with Crippen LogP contribution in [-0.4, -0.2) is 47.4 Å². The minimum atomic E-state index is -4.61. The highest BCUT2D eigenvalue weighted by Crippen LogP contribution is 2.40. The molecule has 0 spiro atoms. The van der Waals surface area contributed by atoms with Gasteiger partial charge >= 0.3 is 18.2 Å². The Hall–Kier alpha value is -1.77. The van der Waals surface area contributed by atoms with Gasteiger partial charge in [-0.1, -0.05) is 11.6 Å². The van der Waals surface area contributed by atoms with Crippen molar-refractivity contribution in [1.82, 2.24) is 9.97 Å². The van der Waals surface area contributed by atoms with Crippen LogP contribution in [0.1, 0.15) is 0 Å². The van der Waals surface area contributed by atoms with Crippen molar-refractivity contribution in [3.05, 3.63) is 11.2 Å². The zero-order valence-corrected chi connectivity index (χ0v) is 11.5. The summed E-state index contributed by atoms with van der Waals surface area (Å²) in [5.41, 5.74) is 0. The first kappa shape index (κ1) is 15.6. The Balaban J connectivity index is 2.33. The summed E-state index contributed by atoms with van der Waals surface area (Å²) in [6.45, 7) is -0.861. The summed E-state index contributed by atoms with van der Waals surface area (Å²) in [5.74, 6) is -5.02. The van der Waals surface area contributed by atoms with Gasteiger partial charge in [-0.2, -0.15) is 18.2 Å². The SMILES string of the molecule is COc1ncc(Cl)c(N2C[C@@H](C(F)(F)F)[C@H](C(=O)O)C2)n1. The third kappa shape index (κ3) is 3.12. The monoisotopic (exact) mass is 325 g/mol. The van der Waals surface area contributed by atoms with E-state index in [1.165, 1.54) is 18.2 Å². The van der Waals surface area contributed by atoms with E-state index >= 15 is 0 Å². The van der Waals surface area contributed by atoms with Crippen LogP contribution in [0.5, 0.6) is 6.01 Å². The predicted molar refractivity (Wildman–Crippen MR) is 66.5 cm³/mol. The molecule has 1 aromatic rings. The van der Waals surface area contributed by atoms with Gasteiger partial charge in [0.25, 0.3) is 0 Å². The maximum atomic E-state index is 12.9. The zero-order chi connectivity index (χ0) is 15.8. The first-order valence-electron chi connectivity index (χ1n) is 5.85. The summed E-state index contributed by atoms with van der Waals surface area (Å²) in [4.78, 5) is 19.8. The van der Waals surface area contributed by atoms with Crippen LogP contribution in [-0.2, 0) is 4.79 Å². The minimum Gasteiger partial charge on any atom is -0.481 e. The molecule has 0 unspecified atom stereocenters. The molecule has 1 aromatic heterocycles. The number of carboxylic acid groups (broad SMARTS) is 1. The van der Waals surface area contributed by atoms with Crippen LogP contribution in [0, 0.1) is 11.8 Å². The molecule has 2 rings (SSSR count). The number of halogens is 4. The number of aliphatic carboxylic acids is 1. The fourth-order valence-corrected chi connectivity index (χ4v) is 2.43. The summed E-state index contributed by atoms with van der Waals surface area (Å²) in [6.07, 6.45) is -3.42. The van der Waals surface area contributed by atoms with Gasteiger partial charge in [0.05, 0.1) is 25.1 Å². The smallest absolute Gasteiger partial charge is 0.394 e. The summed E-state index contributed by atoms with van der Waals surface area (Å²) in [7, 11) is 1.30. The number of rotatable bonds is 3. The lowest BCUT2D eigenvalue weighted by atomic mass is 9.96. The number of nitrogens with zero attached hydrogens (tertiary/aromatic N) is 3. The van der Waals surface area contributed by atoms with Gasteiger partial charge in [0.15, 0.2) is 5.82 Å². The van der Waals surface area contributed by atoms with Gasteiger partial charge in [0.2, 0.25) is 0 Å². The molecular weight excluding hydrogens is 315 g/mol. The Morgan fingerprint density at radius 1 is 1.52 bits per heavy atom. The van der Waals surface area contributed by atoms with Gasteiger partial charge in [-0.15, -0.1) is 0 Å². The number of aromatic nitrogens is 2. The second kappa shape index (κ2) is 5.55. The average Bonchev–Trinajstić information content (AvgIpc) is 2.84. The number of anilines is 1. The molecule has 0 aromatic carbocycles. The number of hydrogen-bond acceptors (Lipinski definition) is 5. The zero-order valence-electron chi connectivity index (χ0n) is 10.8. The lowest BCUT2D eigenvalue weighted by molar-refractivity contribution is -0.187. The van der Waals surface area contributed by atoms with Crippen LogP contribution >= 0.6 is 11.6 Å². The molecule has 10 heteroatoms. The predicted octanol–water partition coefficient (Wildman–Crippen LogP) is 1.84. The van der Waals surface area contributed by atoms with Crippen LogP contribution in [0.15, 0.2) is 6.20 Å². The Bertz CT molecular complexity index is 555. The molecule has 0 amide bonds. The molecule has 2 heterocycles. The molecule has 2 atom stereocenters. The summed E-state index contributed by atoms with van der Waals surface area (Å²) >= 11 is 5.87. The molecule has 1 N–H and O–H groups in total. The van der Waals surface area contributed by atoms with Crippen molar-refractivity contribution >= 4 is 23.4 Å². The molecule has 0 radical (unpaired) electrons. The van der Waals surface area contributed by atoms with E-state index in [1.807, 2.05) is 0 Å². The van der Waals surface area contributed by atoms with Gasteiger partial charge < -0.3 is 14.7 Å². The molecule has 0 bridgehead atoms. The second-order valence-electron chi connectivity index (χ2n) is 4.53. The van der Waals surface area contributed by atoms with Crippen molar-refractivity contribution < 1.29 is 27.8 Å². The molecule has 116 valence electrons. The minimum absolute atomic E-state index is 0.0292. The Kier molecular flexibility index (Phi) is 4.13. The summed E-state index contributed by atoms with van der Waals surface area (Å²) in [5, 5.41) is 8.99. The van der Waals surface area contributed by atoms with Crippen molar-refractivity contribution in [2.45, 2.75) is 6.18 Å². The van der Waals surface area contributed by atoms with E-state index in [9.17, 15) is 18.0 Å². The Morgan fingerprint density at radius 3 is 2.67 bits per heavy atom. The van der Waals surface area contributed by atoms with E-state index < -0.39 is 30.5 Å². The van der Waals surface area contributed by atoms with Crippen LogP contribution in [0.4, 0.5) is 19.0 Å². The topological polar surface area (TPSA) is 75.5 Å². The fraction of sp³-hybridized carbons (Fsp3) is 0.545. The number of carboxylic acids is 1. The summed E-state index contributed by atoms with van der Waals surface area (Å²) < 4.78 is 43.6. The molecule has 0 aliphatic carbocycles. The molecule has 1 fully saturated rings. The van der Waals surface area contributed by atoms with Crippen molar-refractivity contribution in [3.63, 3.8) is 0 Å². The molecule has 21 heavy (non-hydrogen) atoms. The highest BCUT2D eigenvalue weighted by molar-refractivity contribution is 6.32. The molecule has 6 nitrogen and oxygen atoms in total. The van der Waals surface area contributed by atoms with E-state index in [0.717, 1.165) is 0 Å². The molecule has 1 aliphatic heterocycles. The largest absolute Gasteiger partial charge is 0.481 e. The van der Waals surface area contributed by atoms with E-state index in [4.69, 9.17) is 21.4 Å². The van der Waals surface area contributed by atoms with Gasteiger partial charge in [-0.25, -0.2) is 4.98 Å². The van der Waals surface area contributed by atoms with Crippen LogP contribution in [0.25, 0.3) is 0 Å². The fourth-order valence-electron chi connectivity index (χ4n) is 2.22. The molecule has 0 saturated carbocycles. The second-order valence-corrected chi connectivity index (χ2v) is 4.93. The van der Waals surface area contributed by atoms with Crippen molar-refractivity contribution in [2.75, 3.05) is 25.1 Å². The summed E-state index contributed by atoms with van der Waals surface area (Å²) in [6, 6.07) is -0.0586. The van der Waals surface area contributed by atoms with E-state index in [0.29, 0.717) is 0 Å². The van der Waals surface area contributed by atoms with Gasteiger partial charge in [0.1, 0.15) is 5.02 Å². The number of carbonyl (C=O) groups is 1. The van der Waals surface area contributed by atoms with Crippen molar-refractivity contribution in [3.8, 4) is 6.01 Å². The Labute approximate surface area is 122 Å². The average molecular weight is 326 g/mol. The van der Waals surface area contributed by atoms with E-state index in [-0.39, 0.29) is 23.4 Å². The number of hydrogen-bond donors (Lipinski definition) is 1. The lowest BCUT2D eigenvalue weighted by Crippen LogP contribution is -2.33. The molecule has 1 saturated heterocycles. The first-order chi connectivity index (χ1) is 9.74. The highest BCUT2D eigenvalue weighted by Gasteiger charge is 2.53. The number of ether oxygens (including phenoxy) is 1. The number of methoxy groups -OCH3 is 1. The van der Waals surface area contributed by atoms with E-state index in [1.54, 1.807) is 0 Å². The Morgan fingerprint density at radius 2 is 2.19 bits per heavy atom. The molecular formula is C11H11ClF3N3O3. The van der Waals surface area contributed by atoms with Crippen LogP contribution in [0.2, 0.25) is 5.02 Å². The quantitative estimate of drug-likeness (QED) is 0.914. The van der Waals surface area contributed by atoms with Crippen LogP contribution < -0.4 is 9.64 Å². The van der Waals surface area contributed by atoms with Gasteiger partial charge in [-0.05, 0) is 0 Å². The standard InChI is InChI=1S/C11H11ClF3N3O3/c1-21-10-16-2-7(12)8(17-10)18-3-5(9(19)20)6(4-18)11(13,14)15/h2,5-6H,3-4H2,1H3,(H,19,20)/t5-,6-/m1/s1. The molecule has 1 aliphatic rings. The highest BCUT2D eigenvalue weighted by atomic mass is 35.5. The first-order valence-corrected chi connectivity index (χ1v) is 6.22. The maximum absolute atomic E-state index is 12.9. The van der Waals surface area contributed by atoms with Gasteiger partial charge in [0, 0.05) is 13.1 Å². The normalized spacial score (nSPS) is 22.4. The van der Waals surface area contributed by atoms with Crippen molar-refractivity contribution in [1.29, 1.82) is 0 Å². The van der Waals surface area contributed by atoms with Crippen LogP contribution in [0.3, 0.4) is 0 Å². The third-order valence-electron chi connectivity index (χ3n) is 3.24.